The van der Waals surface area contributed by atoms with E-state index in [2.05, 4.69) is 34.8 Å². The van der Waals surface area contributed by atoms with Crippen LogP contribution >= 0.6 is 23.1 Å². The molecule has 8 nitrogen and oxygen atoms in total. The topological polar surface area (TPSA) is 109 Å². The third kappa shape index (κ3) is 9.68. The van der Waals surface area contributed by atoms with Crippen molar-refractivity contribution in [1.82, 2.24) is 10.3 Å². The molecule has 5 rings (SSSR count). The van der Waals surface area contributed by atoms with E-state index in [-0.39, 0.29) is 11.6 Å². The number of carbonyl (C=O) groups excluding carboxylic acids is 3. The van der Waals surface area contributed by atoms with Gasteiger partial charge in [-0.25, -0.2) is 4.98 Å². The van der Waals surface area contributed by atoms with Crippen molar-refractivity contribution in [3.63, 3.8) is 0 Å². The lowest BCUT2D eigenvalue weighted by Gasteiger charge is -2.15. The first-order valence-corrected chi connectivity index (χ1v) is 17.6. The number of methoxy groups -OCH3 is 1. The highest BCUT2D eigenvalue weighted by atomic mass is 32.2. The van der Waals surface area contributed by atoms with Gasteiger partial charge < -0.3 is 20.7 Å². The van der Waals surface area contributed by atoms with Crippen LogP contribution in [0.1, 0.15) is 54.6 Å². The van der Waals surface area contributed by atoms with Gasteiger partial charge in [-0.2, -0.15) is 0 Å². The Labute approximate surface area is 295 Å². The summed E-state index contributed by atoms with van der Waals surface area (Å²) in [5.74, 6) is 0.0767. The monoisotopic (exact) mass is 690 g/mol. The molecular weight excluding hydrogens is 653 g/mol. The van der Waals surface area contributed by atoms with Crippen LogP contribution in [-0.2, 0) is 9.59 Å². The molecule has 0 spiro atoms. The Kier molecular flexibility index (Phi) is 12.0. The molecule has 4 aromatic carbocycles. The maximum absolute atomic E-state index is 13.6. The average molecular weight is 691 g/mol. The van der Waals surface area contributed by atoms with Crippen LogP contribution in [0.4, 0.5) is 10.8 Å². The van der Waals surface area contributed by atoms with Crippen LogP contribution in [0.2, 0.25) is 0 Å². The molecule has 0 aliphatic carbocycles. The Morgan fingerprint density at radius 1 is 0.898 bits per heavy atom. The van der Waals surface area contributed by atoms with Gasteiger partial charge in [-0.1, -0.05) is 81.4 Å². The predicted octanol–water partition coefficient (Wildman–Crippen LogP) is 8.86. The van der Waals surface area contributed by atoms with E-state index >= 15 is 0 Å². The van der Waals surface area contributed by atoms with Gasteiger partial charge in [0.1, 0.15) is 11.4 Å². The molecule has 0 radical (unpaired) electrons. The molecule has 1 heterocycles. The molecule has 3 amide bonds. The number of nitrogens with zero attached hydrogens (tertiary/aromatic N) is 1. The Bertz CT molecular complexity index is 1940. The number of amides is 3. The minimum atomic E-state index is -0.472. The number of benzene rings is 4. The highest BCUT2D eigenvalue weighted by Gasteiger charge is 2.21. The van der Waals surface area contributed by atoms with E-state index in [0.717, 1.165) is 27.5 Å². The molecule has 0 aliphatic heterocycles. The molecule has 10 heteroatoms. The van der Waals surface area contributed by atoms with Gasteiger partial charge in [0.15, 0.2) is 5.13 Å². The highest BCUT2D eigenvalue weighted by molar-refractivity contribution is 8.00. The predicted molar refractivity (Wildman–Crippen MR) is 200 cm³/mol. The Hall–Kier alpha value is -5.19. The van der Waals surface area contributed by atoms with E-state index in [1.54, 1.807) is 43.5 Å². The molecule has 49 heavy (non-hydrogen) atoms. The lowest BCUT2D eigenvalue weighted by Crippen LogP contribution is -2.30. The van der Waals surface area contributed by atoms with Crippen LogP contribution in [0.15, 0.2) is 119 Å². The molecule has 0 fully saturated rings. The molecule has 5 aromatic rings. The number of nitrogens with one attached hydrogen (secondary N) is 3. The summed E-state index contributed by atoms with van der Waals surface area (Å²) in [5.41, 5.74) is 4.68. The van der Waals surface area contributed by atoms with Gasteiger partial charge in [-0.15, -0.1) is 23.1 Å². The summed E-state index contributed by atoms with van der Waals surface area (Å²) in [6, 6.07) is 31.5. The Morgan fingerprint density at radius 3 is 2.37 bits per heavy atom. The van der Waals surface area contributed by atoms with E-state index in [9.17, 15) is 14.4 Å². The van der Waals surface area contributed by atoms with Crippen molar-refractivity contribution in [2.24, 2.45) is 0 Å². The van der Waals surface area contributed by atoms with Crippen LogP contribution in [0, 0.1) is 0 Å². The van der Waals surface area contributed by atoms with Gasteiger partial charge in [0.25, 0.3) is 11.8 Å². The van der Waals surface area contributed by atoms with Crippen molar-refractivity contribution in [2.45, 2.75) is 43.3 Å². The lowest BCUT2D eigenvalue weighted by molar-refractivity contribution is -0.116. The van der Waals surface area contributed by atoms with Crippen molar-refractivity contribution in [3.8, 4) is 17.0 Å². The van der Waals surface area contributed by atoms with Crippen molar-refractivity contribution in [1.29, 1.82) is 0 Å². The number of hydrogen-bond donors (Lipinski definition) is 3. The number of aromatic nitrogens is 1. The normalized spacial score (nSPS) is 11.9. The minimum Gasteiger partial charge on any atom is -0.497 e. The van der Waals surface area contributed by atoms with E-state index in [1.807, 2.05) is 85.1 Å². The molecular formula is C39H38N4O4S2. The maximum Gasteiger partial charge on any atom is 0.272 e. The molecule has 1 atom stereocenters. The summed E-state index contributed by atoms with van der Waals surface area (Å²) in [5, 5.41) is 10.7. The molecule has 0 bridgehead atoms. The highest BCUT2D eigenvalue weighted by Crippen LogP contribution is 2.31. The fraction of sp³-hybridized carbons (Fsp3) is 0.179. The molecule has 0 saturated carbocycles. The molecule has 250 valence electrons. The summed E-state index contributed by atoms with van der Waals surface area (Å²) >= 11 is 2.76. The van der Waals surface area contributed by atoms with Crippen LogP contribution in [0.5, 0.6) is 5.75 Å². The van der Waals surface area contributed by atoms with Crippen LogP contribution in [-0.4, -0.2) is 35.1 Å². The smallest absolute Gasteiger partial charge is 0.272 e. The number of carbonyl (C=O) groups is 3. The summed E-state index contributed by atoms with van der Waals surface area (Å²) < 4.78 is 5.32. The zero-order valence-corrected chi connectivity index (χ0v) is 29.4. The largest absolute Gasteiger partial charge is 0.497 e. The van der Waals surface area contributed by atoms with E-state index in [4.69, 9.17) is 4.74 Å². The molecule has 0 aliphatic rings. The van der Waals surface area contributed by atoms with Crippen LogP contribution in [0.25, 0.3) is 17.3 Å². The number of hydrogen-bond acceptors (Lipinski definition) is 7. The van der Waals surface area contributed by atoms with Crippen LogP contribution in [0.3, 0.4) is 0 Å². The average Bonchev–Trinajstić information content (AvgIpc) is 3.59. The second-order valence-corrected chi connectivity index (χ2v) is 13.6. The first kappa shape index (κ1) is 35.1. The fourth-order valence-electron chi connectivity index (χ4n) is 4.85. The quantitative estimate of drug-likeness (QED) is 0.0842. The number of ether oxygens (including phenoxy) is 1. The minimum absolute atomic E-state index is 0.104. The van der Waals surface area contributed by atoms with Gasteiger partial charge in [0.2, 0.25) is 5.91 Å². The SMILES string of the molecule is CCC(Sc1cccc(NC(=O)/C(=C\c2ccc(C(C)C)cc2)NC(=O)c2ccccc2)c1)C(=O)Nc1nc(-c2cccc(OC)c2)cs1. The van der Waals surface area contributed by atoms with Gasteiger partial charge in [0, 0.05) is 27.1 Å². The molecule has 1 unspecified atom stereocenters. The summed E-state index contributed by atoms with van der Waals surface area (Å²) in [6.07, 6.45) is 2.24. The Balaban J connectivity index is 1.28. The van der Waals surface area contributed by atoms with Gasteiger partial charge in [-0.05, 0) is 72.0 Å². The second kappa shape index (κ2) is 16.8. The third-order valence-corrected chi connectivity index (χ3v) is 9.69. The molecule has 3 N–H and O–H groups in total. The van der Waals surface area contributed by atoms with Crippen molar-refractivity contribution in [2.75, 3.05) is 17.7 Å². The molecule has 1 aromatic heterocycles. The fourth-order valence-corrected chi connectivity index (χ4v) is 6.59. The number of rotatable bonds is 13. The second-order valence-electron chi connectivity index (χ2n) is 11.5. The van der Waals surface area contributed by atoms with Crippen molar-refractivity contribution >= 4 is 57.7 Å². The molecule has 0 saturated heterocycles. The zero-order chi connectivity index (χ0) is 34.8. The maximum atomic E-state index is 13.6. The summed E-state index contributed by atoms with van der Waals surface area (Å²) in [7, 11) is 1.62. The third-order valence-electron chi connectivity index (χ3n) is 7.58. The summed E-state index contributed by atoms with van der Waals surface area (Å²) in [4.78, 5) is 45.4. The summed E-state index contributed by atoms with van der Waals surface area (Å²) in [6.45, 7) is 6.18. The zero-order valence-electron chi connectivity index (χ0n) is 27.7. The van der Waals surface area contributed by atoms with E-state index < -0.39 is 17.1 Å². The first-order chi connectivity index (χ1) is 23.7. The van der Waals surface area contributed by atoms with Gasteiger partial charge >= 0.3 is 0 Å². The van der Waals surface area contributed by atoms with Crippen molar-refractivity contribution < 1.29 is 19.1 Å². The first-order valence-electron chi connectivity index (χ1n) is 15.9. The number of anilines is 2. The van der Waals surface area contributed by atoms with E-state index in [1.165, 1.54) is 28.7 Å². The number of thioether (sulfide) groups is 1. The van der Waals surface area contributed by atoms with Crippen LogP contribution < -0.4 is 20.7 Å². The van der Waals surface area contributed by atoms with Gasteiger partial charge in [0.05, 0.1) is 18.1 Å². The van der Waals surface area contributed by atoms with Crippen molar-refractivity contribution in [3.05, 3.63) is 131 Å². The van der Waals surface area contributed by atoms with E-state index in [0.29, 0.717) is 28.7 Å². The van der Waals surface area contributed by atoms with Gasteiger partial charge in [-0.3, -0.25) is 14.4 Å². The standard InChI is InChI=1S/C39H38N4O4S2/c1-5-35(38(46)43-39-42-34(24-48-39)29-13-9-15-31(22-29)47-4)49-32-16-10-14-30(23-32)40-37(45)33(41-36(44)28-11-7-6-8-12-28)21-26-17-19-27(20-18-26)25(2)3/h6-25,35H,5H2,1-4H3,(H,40,45)(H,41,44)(H,42,43,46)/b33-21+. The lowest BCUT2D eigenvalue weighted by atomic mass is 10.0. The Morgan fingerprint density at radius 2 is 1.65 bits per heavy atom. The number of thiazole rings is 1.